The minimum atomic E-state index is -0.738. The molecule has 2 rings (SSSR count). The summed E-state index contributed by atoms with van der Waals surface area (Å²) in [5.74, 6) is -0.576. The second kappa shape index (κ2) is 8.23. The van der Waals surface area contributed by atoms with Crippen LogP contribution in [0.2, 0.25) is 0 Å². The monoisotopic (exact) mass is 363 g/mol. The van der Waals surface area contributed by atoms with E-state index in [1.54, 1.807) is 6.92 Å². The molecule has 1 aliphatic rings. The van der Waals surface area contributed by atoms with E-state index in [-0.39, 0.29) is 24.5 Å². The first kappa shape index (κ1) is 19.8. The number of nitrogens with two attached hydrogens (primary N) is 1. The van der Waals surface area contributed by atoms with Crippen LogP contribution in [0.3, 0.4) is 0 Å². The maximum atomic E-state index is 11.9. The minimum Gasteiger partial charge on any atom is -0.507 e. The molecule has 0 amide bonds. The third-order valence-corrected chi connectivity index (χ3v) is 4.43. The van der Waals surface area contributed by atoms with E-state index in [1.807, 2.05) is 19.9 Å². The van der Waals surface area contributed by atoms with Crippen LogP contribution in [0.15, 0.2) is 11.6 Å². The van der Waals surface area contributed by atoms with Crippen molar-refractivity contribution in [2.24, 2.45) is 5.73 Å². The molecule has 1 aliphatic heterocycles. The maximum absolute atomic E-state index is 11.9. The number of allylic oxidation sites excluding steroid dienone is 1. The number of ether oxygens (including phenoxy) is 3. The van der Waals surface area contributed by atoms with Gasteiger partial charge in [-0.3, -0.25) is 4.79 Å². The molecule has 3 N–H and O–H groups in total. The van der Waals surface area contributed by atoms with E-state index in [0.29, 0.717) is 29.7 Å². The predicted molar refractivity (Wildman–Crippen MR) is 95.2 cm³/mol. The first-order chi connectivity index (χ1) is 12.3. The second-order valence-corrected chi connectivity index (χ2v) is 6.23. The Bertz CT molecular complexity index is 753. The minimum absolute atomic E-state index is 0.122. The van der Waals surface area contributed by atoms with E-state index in [9.17, 15) is 14.7 Å². The van der Waals surface area contributed by atoms with Crippen molar-refractivity contribution < 1.29 is 28.9 Å². The summed E-state index contributed by atoms with van der Waals surface area (Å²) in [6.45, 7) is 5.81. The van der Waals surface area contributed by atoms with E-state index in [2.05, 4.69) is 0 Å². The zero-order valence-corrected chi connectivity index (χ0v) is 15.5. The molecular formula is C19H25NO6. The number of esters is 2. The Morgan fingerprint density at radius 1 is 1.46 bits per heavy atom. The Morgan fingerprint density at radius 3 is 2.77 bits per heavy atom. The van der Waals surface area contributed by atoms with Crippen LogP contribution >= 0.6 is 0 Å². The summed E-state index contributed by atoms with van der Waals surface area (Å²) in [5.41, 5.74) is 8.83. The second-order valence-electron chi connectivity index (χ2n) is 6.23. The smallest absolute Gasteiger partial charge is 0.342 e. The topological polar surface area (TPSA) is 108 Å². The first-order valence-electron chi connectivity index (χ1n) is 8.47. The summed E-state index contributed by atoms with van der Waals surface area (Å²) < 4.78 is 15.4. The van der Waals surface area contributed by atoms with E-state index < -0.39 is 18.0 Å². The highest BCUT2D eigenvalue weighted by Crippen LogP contribution is 2.42. The number of hydrogen-bond acceptors (Lipinski definition) is 7. The van der Waals surface area contributed by atoms with E-state index in [1.165, 1.54) is 7.11 Å². The molecule has 0 radical (unpaired) electrons. The van der Waals surface area contributed by atoms with Crippen LogP contribution in [-0.2, 0) is 27.3 Å². The van der Waals surface area contributed by atoms with Crippen LogP contribution in [0.1, 0.15) is 47.3 Å². The van der Waals surface area contributed by atoms with Gasteiger partial charge in [0.2, 0.25) is 0 Å². The average molecular weight is 363 g/mol. The van der Waals surface area contributed by atoms with Crippen LogP contribution in [0.5, 0.6) is 11.5 Å². The fraction of sp³-hybridized carbons (Fsp3) is 0.474. The lowest BCUT2D eigenvalue weighted by Gasteiger charge is -2.16. The Morgan fingerprint density at radius 2 is 2.15 bits per heavy atom. The third kappa shape index (κ3) is 3.83. The van der Waals surface area contributed by atoms with Crippen molar-refractivity contribution in [2.45, 2.75) is 46.3 Å². The van der Waals surface area contributed by atoms with Crippen LogP contribution in [0.25, 0.3) is 0 Å². The van der Waals surface area contributed by atoms with Crippen LogP contribution < -0.4 is 10.5 Å². The molecule has 1 heterocycles. The molecule has 1 aromatic carbocycles. The van der Waals surface area contributed by atoms with Gasteiger partial charge in [0.25, 0.3) is 0 Å². The number of phenols is 1. The number of rotatable bonds is 7. The number of carbonyl (C=O) groups is 2. The fourth-order valence-corrected chi connectivity index (χ4v) is 3.07. The van der Waals surface area contributed by atoms with Crippen molar-refractivity contribution in [2.75, 3.05) is 13.7 Å². The summed E-state index contributed by atoms with van der Waals surface area (Å²) in [6, 6.07) is -0.738. The van der Waals surface area contributed by atoms with Gasteiger partial charge in [-0.1, -0.05) is 11.6 Å². The highest BCUT2D eigenvalue weighted by molar-refractivity contribution is 5.98. The van der Waals surface area contributed by atoms with Crippen molar-refractivity contribution in [3.63, 3.8) is 0 Å². The summed E-state index contributed by atoms with van der Waals surface area (Å²) in [6.07, 6.45) is 2.52. The van der Waals surface area contributed by atoms with Gasteiger partial charge in [0.1, 0.15) is 29.7 Å². The fourth-order valence-electron chi connectivity index (χ4n) is 3.07. The van der Waals surface area contributed by atoms with Crippen molar-refractivity contribution in [3.05, 3.63) is 33.9 Å². The number of carbonyl (C=O) groups excluding carboxylic acids is 2. The van der Waals surface area contributed by atoms with Gasteiger partial charge in [-0.05, 0) is 39.2 Å². The zero-order valence-electron chi connectivity index (χ0n) is 15.5. The molecule has 0 spiro atoms. The third-order valence-electron chi connectivity index (χ3n) is 4.43. The summed E-state index contributed by atoms with van der Waals surface area (Å²) in [5, 5.41) is 10.6. The molecule has 0 saturated heterocycles. The maximum Gasteiger partial charge on any atom is 0.342 e. The van der Waals surface area contributed by atoms with Gasteiger partial charge in [-0.15, -0.1) is 0 Å². The number of hydrogen-bond donors (Lipinski definition) is 2. The average Bonchev–Trinajstić information content (AvgIpc) is 2.99. The Kier molecular flexibility index (Phi) is 6.26. The quantitative estimate of drug-likeness (QED) is 0.564. The summed E-state index contributed by atoms with van der Waals surface area (Å²) in [4.78, 5) is 23.5. The van der Waals surface area contributed by atoms with Crippen molar-refractivity contribution in [1.82, 2.24) is 0 Å². The Labute approximate surface area is 152 Å². The summed E-state index contributed by atoms with van der Waals surface area (Å²) >= 11 is 0. The molecule has 0 saturated carbocycles. The van der Waals surface area contributed by atoms with Crippen LogP contribution in [-0.4, -0.2) is 36.8 Å². The van der Waals surface area contributed by atoms with Crippen molar-refractivity contribution in [3.8, 4) is 11.5 Å². The molecule has 26 heavy (non-hydrogen) atoms. The molecule has 0 aliphatic carbocycles. The van der Waals surface area contributed by atoms with Crippen molar-refractivity contribution >= 4 is 11.9 Å². The Balaban J connectivity index is 2.27. The molecule has 0 aromatic heterocycles. The van der Waals surface area contributed by atoms with E-state index in [0.717, 1.165) is 11.1 Å². The van der Waals surface area contributed by atoms with Gasteiger partial charge in [-0.2, -0.15) is 0 Å². The van der Waals surface area contributed by atoms with Gasteiger partial charge in [0.05, 0.1) is 13.7 Å². The van der Waals surface area contributed by atoms with Gasteiger partial charge >= 0.3 is 11.9 Å². The number of aromatic hydroxyl groups is 1. The standard InChI is InChI=1S/C19H25NO6/c1-5-25-18(22)14(20)8-10(2)6-7-12-16(21)15-13(9-26-19(15)23)11(3)17(12)24-4/h6,14,21H,5,7-9,20H2,1-4H3. The molecule has 7 nitrogen and oxygen atoms in total. The largest absolute Gasteiger partial charge is 0.507 e. The highest BCUT2D eigenvalue weighted by Gasteiger charge is 2.31. The van der Waals surface area contributed by atoms with Gasteiger partial charge in [-0.25, -0.2) is 4.79 Å². The highest BCUT2D eigenvalue weighted by atomic mass is 16.5. The van der Waals surface area contributed by atoms with Gasteiger partial charge in [0.15, 0.2) is 0 Å². The van der Waals surface area contributed by atoms with Crippen LogP contribution in [0, 0.1) is 6.92 Å². The molecule has 1 atom stereocenters. The number of cyclic esters (lactones) is 1. The normalized spacial score (nSPS) is 14.7. The zero-order chi connectivity index (χ0) is 19.4. The number of fused-ring (bicyclic) bond motifs is 1. The molecule has 7 heteroatoms. The summed E-state index contributed by atoms with van der Waals surface area (Å²) in [7, 11) is 1.52. The first-order valence-corrected chi connectivity index (χ1v) is 8.47. The lowest BCUT2D eigenvalue weighted by Crippen LogP contribution is -2.32. The molecule has 1 unspecified atom stereocenters. The van der Waals surface area contributed by atoms with Crippen LogP contribution in [0.4, 0.5) is 0 Å². The predicted octanol–water partition coefficient (Wildman–Crippen LogP) is 2.15. The lowest BCUT2D eigenvalue weighted by molar-refractivity contribution is -0.144. The Hall–Kier alpha value is -2.54. The number of benzene rings is 1. The molecule has 0 bridgehead atoms. The van der Waals surface area contributed by atoms with Gasteiger partial charge < -0.3 is 25.1 Å². The number of methoxy groups -OCH3 is 1. The molecule has 142 valence electrons. The molecular weight excluding hydrogens is 338 g/mol. The van der Waals surface area contributed by atoms with Crippen molar-refractivity contribution in [1.29, 1.82) is 0 Å². The van der Waals surface area contributed by atoms with E-state index in [4.69, 9.17) is 19.9 Å². The van der Waals surface area contributed by atoms with Gasteiger partial charge in [0, 0.05) is 11.1 Å². The molecule has 0 fully saturated rings. The molecule has 1 aromatic rings. The SMILES string of the molecule is CCOC(=O)C(N)CC(C)=CCc1c(O)c2c(c(C)c1OC)COC2=O. The van der Waals surface area contributed by atoms with E-state index >= 15 is 0 Å². The lowest BCUT2D eigenvalue weighted by atomic mass is 9.94. The number of phenolic OH excluding ortho intramolecular Hbond substituents is 1.